The largest absolute Gasteiger partial charge is 0.395 e. The molecule has 18 heavy (non-hydrogen) atoms. The van der Waals surface area contributed by atoms with Crippen molar-refractivity contribution in [3.05, 3.63) is 30.3 Å². The number of rotatable bonds is 3. The summed E-state index contributed by atoms with van der Waals surface area (Å²) < 4.78 is 13.1. The van der Waals surface area contributed by atoms with Crippen LogP contribution in [0.1, 0.15) is 13.8 Å². The smallest absolute Gasteiger partial charge is 0.118 e. The highest BCUT2D eigenvalue weighted by atomic mass is 31.2. The van der Waals surface area contributed by atoms with Crippen molar-refractivity contribution >= 4 is 12.4 Å². The van der Waals surface area contributed by atoms with Gasteiger partial charge in [0, 0.05) is 36.3 Å². The van der Waals surface area contributed by atoms with Crippen LogP contribution in [0.4, 0.5) is 0 Å². The highest BCUT2D eigenvalue weighted by molar-refractivity contribution is 7.71. The molecule has 0 radical (unpaired) electrons. The van der Waals surface area contributed by atoms with E-state index in [-0.39, 0.29) is 18.7 Å². The maximum absolute atomic E-state index is 13.1. The van der Waals surface area contributed by atoms with Gasteiger partial charge in [0.25, 0.3) is 0 Å². The standard InChI is InChI=1S/C14H22NO2P/c1-12-10-18(17,14-6-4-3-5-7-14)11-13(2)15(12)8-9-16/h3-7,12-13,16H,8-11H2,1-2H3. The van der Waals surface area contributed by atoms with Gasteiger partial charge in [-0.25, -0.2) is 0 Å². The second kappa shape index (κ2) is 5.56. The molecule has 1 aliphatic heterocycles. The fourth-order valence-electron chi connectivity index (χ4n) is 3.04. The van der Waals surface area contributed by atoms with E-state index in [0.29, 0.717) is 6.54 Å². The maximum Gasteiger partial charge on any atom is 0.118 e. The van der Waals surface area contributed by atoms with E-state index in [2.05, 4.69) is 18.7 Å². The van der Waals surface area contributed by atoms with Crippen LogP contribution in [0.3, 0.4) is 0 Å². The fraction of sp³-hybridized carbons (Fsp3) is 0.571. The maximum atomic E-state index is 13.1. The minimum absolute atomic E-state index is 0.171. The molecule has 3 nitrogen and oxygen atoms in total. The van der Waals surface area contributed by atoms with Crippen molar-refractivity contribution in [1.29, 1.82) is 0 Å². The highest BCUT2D eigenvalue weighted by Gasteiger charge is 2.38. The predicted molar refractivity (Wildman–Crippen MR) is 76.1 cm³/mol. The quantitative estimate of drug-likeness (QED) is 0.848. The van der Waals surface area contributed by atoms with E-state index in [0.717, 1.165) is 17.6 Å². The summed E-state index contributed by atoms with van der Waals surface area (Å²) >= 11 is 0. The lowest BCUT2D eigenvalue weighted by atomic mass is 10.2. The number of benzene rings is 1. The normalized spacial score (nSPS) is 33.5. The van der Waals surface area contributed by atoms with Crippen molar-refractivity contribution in [2.75, 3.05) is 25.5 Å². The lowest BCUT2D eigenvalue weighted by Gasteiger charge is -2.42. The summed E-state index contributed by atoms with van der Waals surface area (Å²) in [7, 11) is -2.26. The number of β-amino-alcohol motifs (C(OH)–C–C–N with tert-alkyl or cyclic N) is 1. The van der Waals surface area contributed by atoms with Gasteiger partial charge in [0.15, 0.2) is 0 Å². The Balaban J connectivity index is 2.21. The summed E-state index contributed by atoms with van der Waals surface area (Å²) in [5.41, 5.74) is 0. The topological polar surface area (TPSA) is 40.5 Å². The van der Waals surface area contributed by atoms with Crippen LogP contribution >= 0.6 is 7.14 Å². The second-order valence-electron chi connectivity index (χ2n) is 5.25. The molecule has 0 spiro atoms. The van der Waals surface area contributed by atoms with Crippen molar-refractivity contribution in [3.63, 3.8) is 0 Å². The summed E-state index contributed by atoms with van der Waals surface area (Å²) in [4.78, 5) is 2.26. The zero-order valence-electron chi connectivity index (χ0n) is 11.1. The third-order valence-corrected chi connectivity index (χ3v) is 7.31. The molecule has 1 aromatic rings. The van der Waals surface area contributed by atoms with Crippen LogP contribution < -0.4 is 5.30 Å². The Bertz CT molecular complexity index is 419. The summed E-state index contributed by atoms with van der Waals surface area (Å²) in [5.74, 6) is 0. The molecule has 0 amide bonds. The van der Waals surface area contributed by atoms with Crippen LogP contribution in [-0.4, -0.2) is 47.6 Å². The highest BCUT2D eigenvalue weighted by Crippen LogP contribution is 2.49. The second-order valence-corrected chi connectivity index (χ2v) is 8.27. The van der Waals surface area contributed by atoms with Gasteiger partial charge < -0.3 is 9.67 Å². The average Bonchev–Trinajstić information content (AvgIpc) is 2.35. The summed E-state index contributed by atoms with van der Waals surface area (Å²) in [5, 5.41) is 10.1. The van der Waals surface area contributed by atoms with Gasteiger partial charge in [0.2, 0.25) is 0 Å². The van der Waals surface area contributed by atoms with Gasteiger partial charge in [-0.15, -0.1) is 0 Å². The van der Waals surface area contributed by atoms with Gasteiger partial charge in [-0.1, -0.05) is 30.3 Å². The van der Waals surface area contributed by atoms with Gasteiger partial charge in [-0.3, -0.25) is 4.90 Å². The number of hydrogen-bond donors (Lipinski definition) is 1. The van der Waals surface area contributed by atoms with E-state index in [4.69, 9.17) is 5.11 Å². The lowest BCUT2D eigenvalue weighted by molar-refractivity contribution is 0.130. The minimum Gasteiger partial charge on any atom is -0.395 e. The molecule has 1 N–H and O–H groups in total. The molecule has 1 fully saturated rings. The van der Waals surface area contributed by atoms with Crippen molar-refractivity contribution in [2.45, 2.75) is 25.9 Å². The summed E-state index contributed by atoms with van der Waals surface area (Å²) in [6, 6.07) is 10.4. The summed E-state index contributed by atoms with van der Waals surface area (Å²) in [6.45, 7) is 5.07. The molecule has 1 saturated heterocycles. The van der Waals surface area contributed by atoms with Gasteiger partial charge >= 0.3 is 0 Å². The molecular weight excluding hydrogens is 245 g/mol. The van der Waals surface area contributed by atoms with Crippen LogP contribution in [0.25, 0.3) is 0 Å². The SMILES string of the molecule is CC1CP(=O)(c2ccccc2)CC(C)N1CCO. The Morgan fingerprint density at radius 2 is 1.78 bits per heavy atom. The van der Waals surface area contributed by atoms with Crippen LogP contribution in [0.5, 0.6) is 0 Å². The molecule has 0 bridgehead atoms. The molecule has 1 heterocycles. The van der Waals surface area contributed by atoms with Crippen molar-refractivity contribution in [3.8, 4) is 0 Å². The van der Waals surface area contributed by atoms with Crippen LogP contribution in [0.2, 0.25) is 0 Å². The fourth-order valence-corrected chi connectivity index (χ4v) is 6.45. The Morgan fingerprint density at radius 1 is 1.22 bits per heavy atom. The molecule has 0 aromatic heterocycles. The van der Waals surface area contributed by atoms with Crippen LogP contribution in [0.15, 0.2) is 30.3 Å². The van der Waals surface area contributed by atoms with E-state index in [1.807, 2.05) is 30.3 Å². The number of hydrogen-bond acceptors (Lipinski definition) is 3. The van der Waals surface area contributed by atoms with Crippen molar-refractivity contribution in [1.82, 2.24) is 4.90 Å². The lowest BCUT2D eigenvalue weighted by Crippen LogP contribution is -2.50. The van der Waals surface area contributed by atoms with Gasteiger partial charge in [0.1, 0.15) is 7.14 Å². The van der Waals surface area contributed by atoms with Gasteiger partial charge in [-0.05, 0) is 13.8 Å². The first-order valence-corrected chi connectivity index (χ1v) is 8.65. The molecule has 100 valence electrons. The number of aliphatic hydroxyl groups is 1. The Morgan fingerprint density at radius 3 is 2.28 bits per heavy atom. The molecule has 1 aromatic carbocycles. The first kappa shape index (κ1) is 13.8. The Labute approximate surface area is 109 Å². The van der Waals surface area contributed by atoms with E-state index >= 15 is 0 Å². The minimum atomic E-state index is -2.26. The van der Waals surface area contributed by atoms with E-state index in [9.17, 15) is 4.57 Å². The molecule has 2 unspecified atom stereocenters. The Kier molecular flexibility index (Phi) is 4.26. The molecular formula is C14H22NO2P. The Hall–Kier alpha value is -0.630. The first-order valence-electron chi connectivity index (χ1n) is 6.57. The first-order chi connectivity index (χ1) is 8.57. The zero-order chi connectivity index (χ0) is 13.2. The molecule has 2 rings (SSSR count). The van der Waals surface area contributed by atoms with Gasteiger partial charge in [-0.2, -0.15) is 0 Å². The predicted octanol–water partition coefficient (Wildman–Crippen LogP) is 1.76. The van der Waals surface area contributed by atoms with Crippen LogP contribution in [0, 0.1) is 0 Å². The van der Waals surface area contributed by atoms with E-state index < -0.39 is 7.14 Å². The van der Waals surface area contributed by atoms with Crippen LogP contribution in [-0.2, 0) is 4.57 Å². The summed E-state index contributed by atoms with van der Waals surface area (Å²) in [6.07, 6.45) is 1.45. The molecule has 1 aliphatic rings. The average molecular weight is 267 g/mol. The number of nitrogens with zero attached hydrogens (tertiary/aromatic N) is 1. The molecule has 0 saturated carbocycles. The third kappa shape index (κ3) is 2.69. The van der Waals surface area contributed by atoms with Crippen molar-refractivity contribution < 1.29 is 9.67 Å². The van der Waals surface area contributed by atoms with E-state index in [1.54, 1.807) is 0 Å². The number of aliphatic hydroxyl groups excluding tert-OH is 1. The third-order valence-electron chi connectivity index (χ3n) is 3.84. The molecule has 4 heteroatoms. The van der Waals surface area contributed by atoms with Gasteiger partial charge in [0.05, 0.1) is 6.61 Å². The zero-order valence-corrected chi connectivity index (χ0v) is 12.0. The monoisotopic (exact) mass is 267 g/mol. The molecule has 0 aliphatic carbocycles. The molecule has 2 atom stereocenters. The van der Waals surface area contributed by atoms with E-state index in [1.165, 1.54) is 0 Å². The van der Waals surface area contributed by atoms with Crippen molar-refractivity contribution in [2.24, 2.45) is 0 Å².